The zero-order chi connectivity index (χ0) is 20.4. The molecule has 0 aromatic heterocycles. The van der Waals surface area contributed by atoms with Crippen molar-refractivity contribution in [3.63, 3.8) is 0 Å². The summed E-state index contributed by atoms with van der Waals surface area (Å²) in [6.07, 6.45) is -3.83. The van der Waals surface area contributed by atoms with E-state index >= 15 is 0 Å². The number of ether oxygens (including phenoxy) is 4. The second-order valence-corrected chi connectivity index (χ2v) is 7.44. The number of carbonyl (C=O) groups is 1. The molecule has 154 valence electrons. The fraction of sp³-hybridized carbons (Fsp3) is 0.381. The predicted octanol–water partition coefficient (Wildman–Crippen LogP) is 2.42. The van der Waals surface area contributed by atoms with Crippen molar-refractivity contribution >= 4 is 17.5 Å². The van der Waals surface area contributed by atoms with Crippen molar-refractivity contribution in [3.8, 4) is 5.75 Å². The van der Waals surface area contributed by atoms with Gasteiger partial charge in [-0.3, -0.25) is 4.79 Å². The van der Waals surface area contributed by atoms with Gasteiger partial charge in [-0.25, -0.2) is 0 Å². The van der Waals surface area contributed by atoms with Gasteiger partial charge in [-0.1, -0.05) is 41.9 Å². The molecular weight excluding hydrogens is 398 g/mol. The molecule has 2 aliphatic heterocycles. The Balaban J connectivity index is 1.53. The Hall–Kier alpha value is -2.16. The molecule has 4 rings (SSSR count). The number of halogens is 1. The first-order valence-corrected chi connectivity index (χ1v) is 9.74. The van der Waals surface area contributed by atoms with Crippen LogP contribution in [0.3, 0.4) is 0 Å². The zero-order valence-corrected chi connectivity index (χ0v) is 16.5. The Labute approximate surface area is 173 Å². The fourth-order valence-corrected chi connectivity index (χ4v) is 3.63. The number of hydrogen-bond acceptors (Lipinski definition) is 6. The maximum atomic E-state index is 11.7. The second-order valence-electron chi connectivity index (χ2n) is 7.01. The summed E-state index contributed by atoms with van der Waals surface area (Å²) in [5.74, 6) is 0.188. The maximum absolute atomic E-state index is 11.7. The highest BCUT2D eigenvalue weighted by Crippen LogP contribution is 2.34. The molecule has 7 nitrogen and oxygen atoms in total. The number of aliphatic hydroxyl groups excluding tert-OH is 1. The van der Waals surface area contributed by atoms with E-state index < -0.39 is 36.9 Å². The lowest BCUT2D eigenvalue weighted by Crippen LogP contribution is -2.67. The van der Waals surface area contributed by atoms with Crippen molar-refractivity contribution in [2.75, 3.05) is 6.61 Å². The third-order valence-electron chi connectivity index (χ3n) is 4.87. The normalized spacial score (nSPS) is 31.6. The van der Waals surface area contributed by atoms with Crippen LogP contribution in [-0.4, -0.2) is 48.3 Å². The van der Waals surface area contributed by atoms with Crippen LogP contribution in [0.15, 0.2) is 54.6 Å². The van der Waals surface area contributed by atoms with E-state index in [9.17, 15) is 9.90 Å². The maximum Gasteiger partial charge on any atom is 0.223 e. The van der Waals surface area contributed by atoms with Gasteiger partial charge in [0.15, 0.2) is 6.29 Å². The van der Waals surface area contributed by atoms with Crippen molar-refractivity contribution in [2.24, 2.45) is 0 Å². The molecule has 2 saturated heterocycles. The summed E-state index contributed by atoms with van der Waals surface area (Å²) >= 11 is 5.91. The molecule has 2 heterocycles. The quantitative estimate of drug-likeness (QED) is 0.791. The van der Waals surface area contributed by atoms with E-state index in [0.717, 1.165) is 5.56 Å². The van der Waals surface area contributed by atoms with Crippen molar-refractivity contribution in [2.45, 2.75) is 43.9 Å². The van der Waals surface area contributed by atoms with Crippen LogP contribution in [0.25, 0.3) is 0 Å². The fourth-order valence-electron chi connectivity index (χ4n) is 3.51. The Morgan fingerprint density at radius 2 is 1.86 bits per heavy atom. The Kier molecular flexibility index (Phi) is 6.03. The second kappa shape index (κ2) is 8.69. The topological polar surface area (TPSA) is 86.3 Å². The summed E-state index contributed by atoms with van der Waals surface area (Å²) in [7, 11) is 0. The van der Waals surface area contributed by atoms with Gasteiger partial charge in [0.2, 0.25) is 12.2 Å². The van der Waals surface area contributed by atoms with Crippen LogP contribution in [0.5, 0.6) is 5.75 Å². The number of carbonyl (C=O) groups excluding carboxylic acids is 1. The van der Waals surface area contributed by atoms with Gasteiger partial charge in [0, 0.05) is 17.5 Å². The number of amides is 1. The number of nitrogens with one attached hydrogen (secondary N) is 1. The van der Waals surface area contributed by atoms with Gasteiger partial charge in [-0.2, -0.15) is 0 Å². The van der Waals surface area contributed by atoms with Gasteiger partial charge in [0.1, 0.15) is 30.1 Å². The summed E-state index contributed by atoms with van der Waals surface area (Å²) in [6.45, 7) is 1.59. The lowest BCUT2D eigenvalue weighted by atomic mass is 9.95. The first kappa shape index (κ1) is 20.1. The van der Waals surface area contributed by atoms with Crippen LogP contribution in [0.1, 0.15) is 18.8 Å². The van der Waals surface area contributed by atoms with Gasteiger partial charge in [0.05, 0.1) is 6.61 Å². The predicted molar refractivity (Wildman–Crippen MR) is 104 cm³/mol. The molecule has 2 fully saturated rings. The number of aliphatic hydroxyl groups is 1. The van der Waals surface area contributed by atoms with E-state index in [1.165, 1.54) is 6.92 Å². The van der Waals surface area contributed by atoms with Crippen LogP contribution >= 0.6 is 11.6 Å². The van der Waals surface area contributed by atoms with Crippen molar-refractivity contribution in [3.05, 3.63) is 65.2 Å². The molecule has 0 aliphatic carbocycles. The highest BCUT2D eigenvalue weighted by molar-refractivity contribution is 6.30. The molecule has 0 spiro atoms. The molecule has 0 radical (unpaired) electrons. The Morgan fingerprint density at radius 3 is 2.55 bits per heavy atom. The van der Waals surface area contributed by atoms with Crippen LogP contribution in [0.4, 0.5) is 0 Å². The van der Waals surface area contributed by atoms with Crippen molar-refractivity contribution in [1.82, 2.24) is 5.32 Å². The molecule has 2 aromatic rings. The molecule has 29 heavy (non-hydrogen) atoms. The lowest BCUT2D eigenvalue weighted by Gasteiger charge is -2.47. The SMILES string of the molecule is CC(=O)N[C@@H]1[C@H](Oc2ccc(Cl)cc2)O[C@@H]2CO[C@H](c3ccccc3)O[C@@H]2[C@H]1O. The minimum absolute atomic E-state index is 0.217. The van der Waals surface area contributed by atoms with E-state index in [0.29, 0.717) is 10.8 Å². The molecule has 1 amide bonds. The van der Waals surface area contributed by atoms with E-state index in [1.807, 2.05) is 30.3 Å². The lowest BCUT2D eigenvalue weighted by molar-refractivity contribution is -0.333. The van der Waals surface area contributed by atoms with E-state index in [2.05, 4.69) is 5.32 Å². The van der Waals surface area contributed by atoms with Crippen molar-refractivity contribution < 1.29 is 28.8 Å². The summed E-state index contributed by atoms with van der Waals surface area (Å²) < 4.78 is 23.7. The van der Waals surface area contributed by atoms with Gasteiger partial charge < -0.3 is 29.4 Å². The monoisotopic (exact) mass is 419 g/mol. The zero-order valence-electron chi connectivity index (χ0n) is 15.7. The Bertz CT molecular complexity index is 833. The van der Waals surface area contributed by atoms with Gasteiger partial charge in [-0.05, 0) is 24.3 Å². The average molecular weight is 420 g/mol. The first-order valence-electron chi connectivity index (χ1n) is 9.36. The number of benzene rings is 2. The van der Waals surface area contributed by atoms with E-state index in [-0.39, 0.29) is 12.5 Å². The third kappa shape index (κ3) is 4.55. The van der Waals surface area contributed by atoms with Crippen LogP contribution in [0.2, 0.25) is 5.02 Å². The molecule has 0 saturated carbocycles. The molecule has 2 N–H and O–H groups in total. The summed E-state index contributed by atoms with van der Waals surface area (Å²) in [6, 6.07) is 15.4. The van der Waals surface area contributed by atoms with Crippen LogP contribution < -0.4 is 10.1 Å². The summed E-state index contributed by atoms with van der Waals surface area (Å²) in [4.78, 5) is 11.7. The molecule has 0 unspecified atom stereocenters. The summed E-state index contributed by atoms with van der Waals surface area (Å²) in [5.41, 5.74) is 0.841. The van der Waals surface area contributed by atoms with E-state index in [1.54, 1.807) is 24.3 Å². The molecule has 0 bridgehead atoms. The highest BCUT2D eigenvalue weighted by Gasteiger charge is 2.50. The van der Waals surface area contributed by atoms with Gasteiger partial charge in [0.25, 0.3) is 0 Å². The average Bonchev–Trinajstić information content (AvgIpc) is 2.73. The first-order chi connectivity index (χ1) is 14.0. The van der Waals surface area contributed by atoms with Crippen molar-refractivity contribution in [1.29, 1.82) is 0 Å². The van der Waals surface area contributed by atoms with Crippen LogP contribution in [0, 0.1) is 0 Å². The summed E-state index contributed by atoms with van der Waals surface area (Å²) in [5, 5.41) is 14.3. The molecule has 6 atom stereocenters. The number of rotatable bonds is 4. The molecule has 2 aromatic carbocycles. The molecule has 8 heteroatoms. The Morgan fingerprint density at radius 1 is 1.14 bits per heavy atom. The van der Waals surface area contributed by atoms with Crippen LogP contribution in [-0.2, 0) is 19.0 Å². The highest BCUT2D eigenvalue weighted by atomic mass is 35.5. The third-order valence-corrected chi connectivity index (χ3v) is 5.13. The smallest absolute Gasteiger partial charge is 0.223 e. The van der Waals surface area contributed by atoms with Gasteiger partial charge >= 0.3 is 0 Å². The number of fused-ring (bicyclic) bond motifs is 1. The standard InChI is InChI=1S/C21H22ClNO6/c1-12(24)23-17-18(25)19-16(11-26-20(29-19)13-5-3-2-4-6-13)28-21(17)27-15-9-7-14(22)8-10-15/h2-10,16-21,25H,11H2,1H3,(H,23,24)/t16-,17+,18+,19+,20+,21-/m1/s1. The minimum Gasteiger partial charge on any atom is -0.463 e. The molecular formula is C21H22ClNO6. The molecule has 2 aliphatic rings. The van der Waals surface area contributed by atoms with E-state index in [4.69, 9.17) is 30.5 Å². The number of hydrogen-bond donors (Lipinski definition) is 2. The minimum atomic E-state index is -1.05. The largest absolute Gasteiger partial charge is 0.463 e. The van der Waals surface area contributed by atoms with Gasteiger partial charge in [-0.15, -0.1) is 0 Å².